The van der Waals surface area contributed by atoms with Crippen LogP contribution >= 0.6 is 0 Å². The second-order valence-corrected chi connectivity index (χ2v) is 21.9. The third-order valence-electron chi connectivity index (χ3n) is 18.3. The number of fused-ring (bicyclic) bond motifs is 7. The van der Waals surface area contributed by atoms with Crippen molar-refractivity contribution in [1.82, 2.24) is 0 Å². The highest BCUT2D eigenvalue weighted by molar-refractivity contribution is 5.66. The van der Waals surface area contributed by atoms with Crippen molar-refractivity contribution in [2.24, 2.45) is 46.3 Å². The van der Waals surface area contributed by atoms with Crippen molar-refractivity contribution in [3.8, 4) is 0 Å². The number of hydrogen-bond donors (Lipinski definition) is 11. The molecule has 0 aromatic rings. The Balaban J connectivity index is 0.886. The summed E-state index contributed by atoms with van der Waals surface area (Å²) in [6.07, 6.45) is -21.5. The molecule has 388 valence electrons. The maximum atomic E-state index is 12.9. The van der Waals surface area contributed by atoms with Crippen LogP contribution in [0.2, 0.25) is 0 Å². The van der Waals surface area contributed by atoms with Gasteiger partial charge in [0.2, 0.25) is 0 Å². The number of aliphatic hydroxyl groups excluding tert-OH is 11. The van der Waals surface area contributed by atoms with Gasteiger partial charge in [-0.1, -0.05) is 39.3 Å². The molecule has 1 spiro atoms. The van der Waals surface area contributed by atoms with Gasteiger partial charge < -0.3 is 98.8 Å². The van der Waals surface area contributed by atoms with Gasteiger partial charge in [0.05, 0.1) is 44.2 Å². The van der Waals surface area contributed by atoms with Crippen LogP contribution in [0.25, 0.3) is 0 Å². The molecule has 68 heavy (non-hydrogen) atoms. The maximum absolute atomic E-state index is 12.9. The Labute approximate surface area is 395 Å². The normalized spacial score (nSPS) is 56.8. The molecule has 5 heterocycles. The van der Waals surface area contributed by atoms with Crippen LogP contribution in [0.15, 0.2) is 11.6 Å². The Kier molecular flexibility index (Phi) is 14.4. The molecule has 5 aliphatic heterocycles. The topological polar surface area (TPSA) is 323 Å². The predicted octanol–water partition coefficient (Wildman–Crippen LogP) is -2.30. The molecule has 0 aromatic heterocycles. The van der Waals surface area contributed by atoms with Crippen molar-refractivity contribution in [2.75, 3.05) is 19.8 Å². The van der Waals surface area contributed by atoms with E-state index in [1.165, 1.54) is 6.92 Å². The summed E-state index contributed by atoms with van der Waals surface area (Å²) in [7, 11) is 0. The first-order valence-corrected chi connectivity index (χ1v) is 24.6. The molecule has 0 bridgehead atoms. The van der Waals surface area contributed by atoms with Crippen LogP contribution in [0, 0.1) is 46.3 Å². The molecule has 5 saturated heterocycles. The number of rotatable bonds is 9. The van der Waals surface area contributed by atoms with Gasteiger partial charge in [0, 0.05) is 30.6 Å². The van der Waals surface area contributed by atoms with Crippen molar-refractivity contribution >= 4 is 5.97 Å². The van der Waals surface area contributed by atoms with Gasteiger partial charge in [0.25, 0.3) is 0 Å². The molecule has 11 N–H and O–H groups in total. The first kappa shape index (κ1) is 51.4. The predicted molar refractivity (Wildman–Crippen MR) is 228 cm³/mol. The fourth-order valence-electron chi connectivity index (χ4n) is 14.6. The second-order valence-electron chi connectivity index (χ2n) is 21.9. The third-order valence-corrected chi connectivity index (χ3v) is 18.3. The van der Waals surface area contributed by atoms with E-state index in [1.54, 1.807) is 6.92 Å². The standard InChI is InChI=1S/C47H74O21/c1-17-16-60-47(41(59)31(17)51)18(2)30-26(68-47)13-25-23-8-7-21-11-22(12-29(62-20(4)50)46(21,6)24(23)9-10-45(25,30)5)63-42-38(58)36(56)39(19(3)61-42)66-44-40(35(55)33(53)28(15-49)65-44)67-43-37(57)34(54)32(52)27(14-48)64-43/h7,17-19,22-44,48-49,51-59H,8-16H2,1-6H3/t17-,18+,19-,22-,23-,24+,25+,26+,27-,28-,29-,30+,31-,32-,33-,34+,35+,36+,37-,38-,39+,40-,41+,42+,43+,44+,45+,46+,47+/m1/s1. The maximum Gasteiger partial charge on any atom is 0.302 e. The first-order valence-electron chi connectivity index (χ1n) is 24.6. The number of esters is 1. The molecule has 21 nitrogen and oxygen atoms in total. The number of aliphatic hydroxyl groups is 11. The zero-order valence-corrected chi connectivity index (χ0v) is 39.5. The van der Waals surface area contributed by atoms with Gasteiger partial charge in [-0.25, -0.2) is 0 Å². The number of hydrogen-bond acceptors (Lipinski definition) is 21. The smallest absolute Gasteiger partial charge is 0.302 e. The lowest BCUT2D eigenvalue weighted by Gasteiger charge is -2.60. The molecule has 0 radical (unpaired) electrons. The number of carbonyl (C=O) groups excluding carboxylic acids is 1. The lowest BCUT2D eigenvalue weighted by Crippen LogP contribution is -2.66. The van der Waals surface area contributed by atoms with Gasteiger partial charge in [0.1, 0.15) is 79.4 Å². The molecular formula is C47H74O21. The summed E-state index contributed by atoms with van der Waals surface area (Å²) in [5.41, 5.74) is 0.412. The highest BCUT2D eigenvalue weighted by Gasteiger charge is 2.72. The fourth-order valence-corrected chi connectivity index (χ4v) is 14.6. The summed E-state index contributed by atoms with van der Waals surface area (Å²) >= 11 is 0. The van der Waals surface area contributed by atoms with Gasteiger partial charge in [0.15, 0.2) is 24.7 Å². The van der Waals surface area contributed by atoms with E-state index in [-0.39, 0.29) is 53.4 Å². The first-order chi connectivity index (χ1) is 32.1. The average molecular weight is 975 g/mol. The third kappa shape index (κ3) is 8.15. The Bertz CT molecular complexity index is 1840. The van der Waals surface area contributed by atoms with Crippen molar-refractivity contribution in [1.29, 1.82) is 0 Å². The van der Waals surface area contributed by atoms with Gasteiger partial charge >= 0.3 is 5.97 Å². The molecule has 8 fully saturated rings. The fraction of sp³-hybridized carbons (Fsp3) is 0.936. The zero-order valence-electron chi connectivity index (χ0n) is 39.5. The van der Waals surface area contributed by atoms with E-state index in [4.69, 9.17) is 42.6 Å². The minimum atomic E-state index is -1.90. The van der Waals surface area contributed by atoms with Crippen LogP contribution in [-0.4, -0.2) is 210 Å². The van der Waals surface area contributed by atoms with Gasteiger partial charge in [-0.3, -0.25) is 4.79 Å². The minimum Gasteiger partial charge on any atom is -0.462 e. The zero-order chi connectivity index (χ0) is 49.1. The van der Waals surface area contributed by atoms with E-state index in [2.05, 4.69) is 26.8 Å². The van der Waals surface area contributed by atoms with Gasteiger partial charge in [-0.15, -0.1) is 0 Å². The summed E-state index contributed by atoms with van der Waals surface area (Å²) in [4.78, 5) is 12.9. The van der Waals surface area contributed by atoms with E-state index in [1.807, 2.05) is 6.92 Å². The second kappa shape index (κ2) is 19.1. The molecule has 0 unspecified atom stereocenters. The van der Waals surface area contributed by atoms with E-state index in [0.717, 1.165) is 31.3 Å². The summed E-state index contributed by atoms with van der Waals surface area (Å²) in [6.45, 7) is 10.1. The lowest BCUT2D eigenvalue weighted by atomic mass is 9.46. The van der Waals surface area contributed by atoms with E-state index >= 15 is 0 Å². The van der Waals surface area contributed by atoms with Crippen molar-refractivity contribution in [3.05, 3.63) is 11.6 Å². The van der Waals surface area contributed by atoms with Crippen molar-refractivity contribution < 1.29 is 104 Å². The number of ether oxygens (including phenoxy) is 9. The minimum absolute atomic E-state index is 0.110. The molecule has 0 aromatic carbocycles. The van der Waals surface area contributed by atoms with E-state index in [0.29, 0.717) is 13.0 Å². The van der Waals surface area contributed by atoms with Crippen LogP contribution in [0.4, 0.5) is 0 Å². The molecule has 9 rings (SSSR count). The van der Waals surface area contributed by atoms with Crippen LogP contribution in [0.3, 0.4) is 0 Å². The quantitative estimate of drug-likeness (QED) is 0.0855. The summed E-state index contributed by atoms with van der Waals surface area (Å²) in [5.74, 6) is -1.27. The SMILES string of the molecule is CC(=O)O[C@@H]1C[C@H](O[C@@H]2O[C@H](C)[C@H](O[C@@H]3O[C@H](CO)[C@@H](O)[C@H](O)[C@H]3O[C@@H]3O[C@H](CO)[C@@H](O)[C@H](O)[C@H]3O)[C@@H](O)[C@H]2O)CC2=CC[C@H]3[C@@H]4C[C@@H]5O[C@@]6(OC[C@@H](C)[C@@H](O)[C@@H]6O)[C@@H](C)[C@@H]5[C@@]4(C)CC[C@@H]3[C@]21C. The molecule has 9 aliphatic rings. The van der Waals surface area contributed by atoms with Gasteiger partial charge in [-0.2, -0.15) is 0 Å². The monoisotopic (exact) mass is 974 g/mol. The summed E-state index contributed by atoms with van der Waals surface area (Å²) in [5, 5.41) is 118. The average Bonchev–Trinajstić information content (AvgIpc) is 3.76. The highest BCUT2D eigenvalue weighted by atomic mass is 16.8. The van der Waals surface area contributed by atoms with Crippen LogP contribution in [0.1, 0.15) is 80.1 Å². The Morgan fingerprint density at radius 2 is 1.35 bits per heavy atom. The van der Waals surface area contributed by atoms with E-state index in [9.17, 15) is 61.0 Å². The van der Waals surface area contributed by atoms with Crippen molar-refractivity contribution in [2.45, 2.75) is 208 Å². The Hall–Kier alpha value is -1.55. The molecule has 0 amide bonds. The Morgan fingerprint density at radius 1 is 0.735 bits per heavy atom. The van der Waals surface area contributed by atoms with Crippen molar-refractivity contribution in [3.63, 3.8) is 0 Å². The highest BCUT2D eigenvalue weighted by Crippen LogP contribution is 2.71. The largest absolute Gasteiger partial charge is 0.462 e. The van der Waals surface area contributed by atoms with Gasteiger partial charge in [-0.05, 0) is 68.1 Å². The summed E-state index contributed by atoms with van der Waals surface area (Å²) < 4.78 is 55.0. The number of allylic oxidation sites excluding steroid dienone is 1. The molecular weight excluding hydrogens is 900 g/mol. The lowest BCUT2D eigenvalue weighted by molar-refractivity contribution is -0.388. The molecule has 4 aliphatic carbocycles. The Morgan fingerprint density at radius 3 is 2.03 bits per heavy atom. The molecule has 29 atom stereocenters. The number of carbonyl (C=O) groups is 1. The van der Waals surface area contributed by atoms with Crippen LogP contribution in [-0.2, 0) is 47.4 Å². The van der Waals surface area contributed by atoms with Crippen LogP contribution in [0.5, 0.6) is 0 Å². The molecule has 3 saturated carbocycles. The van der Waals surface area contributed by atoms with Crippen LogP contribution < -0.4 is 0 Å². The summed E-state index contributed by atoms with van der Waals surface area (Å²) in [6, 6.07) is 0. The van der Waals surface area contributed by atoms with E-state index < -0.39 is 147 Å². The molecule has 21 heteroatoms.